The second kappa shape index (κ2) is 7.08. The summed E-state index contributed by atoms with van der Waals surface area (Å²) in [5.41, 5.74) is 3.25. The van der Waals surface area contributed by atoms with Crippen LogP contribution in [0.4, 0.5) is 0 Å². The van der Waals surface area contributed by atoms with Crippen LogP contribution in [-0.4, -0.2) is 12.1 Å². The van der Waals surface area contributed by atoms with Crippen molar-refractivity contribution in [2.24, 2.45) is 0 Å². The molecule has 0 fully saturated rings. The van der Waals surface area contributed by atoms with Crippen LogP contribution in [0.1, 0.15) is 59.1 Å². The molecule has 0 saturated carbocycles. The number of hydrogen-bond acceptors (Lipinski definition) is 1. The molecule has 0 atom stereocenters. The van der Waals surface area contributed by atoms with E-state index in [0.717, 1.165) is 19.4 Å². The maximum Gasteiger partial charge on any atom is 0.00966 e. The first-order chi connectivity index (χ1) is 9.18. The van der Waals surface area contributed by atoms with Crippen molar-refractivity contribution < 1.29 is 0 Å². The number of hydrogen-bond donors (Lipinski definition) is 1. The summed E-state index contributed by atoms with van der Waals surface area (Å²) in [5, 5.41) is 3.49. The lowest BCUT2D eigenvalue weighted by Crippen LogP contribution is -2.36. The van der Waals surface area contributed by atoms with Gasteiger partial charge in [0, 0.05) is 5.54 Å². The molecule has 0 saturated heterocycles. The standard InChI is InChI=1S/C19H31N/c1-18(2,3)17-13-11-16(12-14-17)10-8-7-9-15-20-19(4,5)6/h7-8,11-14,20H,9-10,15H2,1-6H3. The molecule has 112 valence electrons. The monoisotopic (exact) mass is 273 g/mol. The maximum absolute atomic E-state index is 3.49. The molecule has 0 radical (unpaired) electrons. The van der Waals surface area contributed by atoms with Crippen LogP contribution in [-0.2, 0) is 11.8 Å². The Morgan fingerprint density at radius 2 is 1.50 bits per heavy atom. The van der Waals surface area contributed by atoms with Gasteiger partial charge in [-0.15, -0.1) is 0 Å². The normalized spacial score (nSPS) is 13.1. The summed E-state index contributed by atoms with van der Waals surface area (Å²) in [7, 11) is 0. The molecule has 0 unspecified atom stereocenters. The third-order valence-electron chi connectivity index (χ3n) is 3.31. The second-order valence-corrected chi connectivity index (χ2v) is 7.59. The van der Waals surface area contributed by atoms with Gasteiger partial charge in [-0.25, -0.2) is 0 Å². The van der Waals surface area contributed by atoms with Crippen LogP contribution in [0.5, 0.6) is 0 Å². The Morgan fingerprint density at radius 1 is 0.900 bits per heavy atom. The van der Waals surface area contributed by atoms with Crippen molar-refractivity contribution in [3.05, 3.63) is 47.5 Å². The average molecular weight is 273 g/mol. The first-order valence-electron chi connectivity index (χ1n) is 7.68. The highest BCUT2D eigenvalue weighted by Gasteiger charge is 2.12. The van der Waals surface area contributed by atoms with Crippen LogP contribution < -0.4 is 5.32 Å². The van der Waals surface area contributed by atoms with Gasteiger partial charge in [0.2, 0.25) is 0 Å². The fourth-order valence-corrected chi connectivity index (χ4v) is 2.01. The third-order valence-corrected chi connectivity index (χ3v) is 3.31. The van der Waals surface area contributed by atoms with E-state index in [0.29, 0.717) is 0 Å². The average Bonchev–Trinajstić information content (AvgIpc) is 2.32. The molecule has 1 aromatic carbocycles. The van der Waals surface area contributed by atoms with Gasteiger partial charge in [0.15, 0.2) is 0 Å². The molecule has 0 amide bonds. The lowest BCUT2D eigenvalue weighted by Gasteiger charge is -2.19. The zero-order chi connectivity index (χ0) is 15.2. The minimum atomic E-state index is 0.219. The van der Waals surface area contributed by atoms with E-state index in [9.17, 15) is 0 Å². The number of nitrogens with one attached hydrogen (secondary N) is 1. The molecular weight excluding hydrogens is 242 g/mol. The number of benzene rings is 1. The summed E-state index contributed by atoms with van der Waals surface area (Å²) in [6.07, 6.45) is 6.67. The van der Waals surface area contributed by atoms with E-state index in [1.807, 2.05) is 0 Å². The summed E-state index contributed by atoms with van der Waals surface area (Å²) >= 11 is 0. The van der Waals surface area contributed by atoms with Gasteiger partial charge in [0.25, 0.3) is 0 Å². The van der Waals surface area contributed by atoms with Crippen molar-refractivity contribution in [1.29, 1.82) is 0 Å². The van der Waals surface area contributed by atoms with Gasteiger partial charge in [0.1, 0.15) is 0 Å². The second-order valence-electron chi connectivity index (χ2n) is 7.59. The first kappa shape index (κ1) is 17.0. The fourth-order valence-electron chi connectivity index (χ4n) is 2.01. The van der Waals surface area contributed by atoms with Crippen LogP contribution in [0.3, 0.4) is 0 Å². The zero-order valence-electron chi connectivity index (χ0n) is 14.1. The van der Waals surface area contributed by atoms with Crippen LogP contribution in [0.2, 0.25) is 0 Å². The quantitative estimate of drug-likeness (QED) is 0.596. The Hall–Kier alpha value is -1.08. The molecule has 20 heavy (non-hydrogen) atoms. The molecule has 0 aliphatic carbocycles. The molecule has 0 heterocycles. The molecule has 0 aromatic heterocycles. The van der Waals surface area contributed by atoms with Crippen molar-refractivity contribution >= 4 is 0 Å². The van der Waals surface area contributed by atoms with Gasteiger partial charge < -0.3 is 5.32 Å². The zero-order valence-corrected chi connectivity index (χ0v) is 14.1. The van der Waals surface area contributed by atoms with Crippen LogP contribution in [0, 0.1) is 0 Å². The third kappa shape index (κ3) is 6.91. The van der Waals surface area contributed by atoms with E-state index in [-0.39, 0.29) is 11.0 Å². The summed E-state index contributed by atoms with van der Waals surface area (Å²) in [5.74, 6) is 0. The van der Waals surface area contributed by atoms with Crippen LogP contribution >= 0.6 is 0 Å². The van der Waals surface area contributed by atoms with Crippen molar-refractivity contribution in [1.82, 2.24) is 5.32 Å². The van der Waals surface area contributed by atoms with Gasteiger partial charge in [-0.3, -0.25) is 0 Å². The van der Waals surface area contributed by atoms with Crippen molar-refractivity contribution in [3.63, 3.8) is 0 Å². The first-order valence-corrected chi connectivity index (χ1v) is 7.68. The van der Waals surface area contributed by atoms with Gasteiger partial charge in [0.05, 0.1) is 0 Å². The Morgan fingerprint density at radius 3 is 2.00 bits per heavy atom. The van der Waals surface area contributed by atoms with Crippen LogP contribution in [0.15, 0.2) is 36.4 Å². The molecule has 0 spiro atoms. The van der Waals surface area contributed by atoms with E-state index in [2.05, 4.69) is 83.3 Å². The molecule has 1 nitrogen and oxygen atoms in total. The number of allylic oxidation sites excluding steroid dienone is 1. The highest BCUT2D eigenvalue weighted by Crippen LogP contribution is 2.22. The molecule has 1 aromatic rings. The maximum atomic E-state index is 3.49. The minimum absolute atomic E-state index is 0.219. The summed E-state index contributed by atoms with van der Waals surface area (Å²) < 4.78 is 0. The Kier molecular flexibility index (Phi) is 6.01. The molecule has 1 heteroatoms. The van der Waals surface area contributed by atoms with Crippen LogP contribution in [0.25, 0.3) is 0 Å². The van der Waals surface area contributed by atoms with Crippen molar-refractivity contribution in [3.8, 4) is 0 Å². The number of rotatable bonds is 5. The van der Waals surface area contributed by atoms with Gasteiger partial charge in [-0.1, -0.05) is 57.2 Å². The van der Waals surface area contributed by atoms with E-state index >= 15 is 0 Å². The van der Waals surface area contributed by atoms with E-state index in [4.69, 9.17) is 0 Å². The highest BCUT2D eigenvalue weighted by molar-refractivity contribution is 5.28. The summed E-state index contributed by atoms with van der Waals surface area (Å²) in [6, 6.07) is 9.01. The predicted molar refractivity (Wildman–Crippen MR) is 90.4 cm³/mol. The lowest BCUT2D eigenvalue weighted by atomic mass is 9.86. The van der Waals surface area contributed by atoms with E-state index in [1.165, 1.54) is 11.1 Å². The lowest BCUT2D eigenvalue weighted by molar-refractivity contribution is 0.431. The molecule has 0 aliphatic rings. The molecule has 1 rings (SSSR count). The van der Waals surface area contributed by atoms with E-state index in [1.54, 1.807) is 0 Å². The largest absolute Gasteiger partial charge is 0.312 e. The van der Waals surface area contributed by atoms with Crippen molar-refractivity contribution in [2.45, 2.75) is 65.3 Å². The van der Waals surface area contributed by atoms with Gasteiger partial charge in [-0.2, -0.15) is 0 Å². The predicted octanol–water partition coefficient (Wildman–Crippen LogP) is 4.86. The topological polar surface area (TPSA) is 12.0 Å². The fraction of sp³-hybridized carbons (Fsp3) is 0.579. The van der Waals surface area contributed by atoms with E-state index < -0.39 is 0 Å². The van der Waals surface area contributed by atoms with Gasteiger partial charge in [-0.05, 0) is 56.7 Å². The Labute approximate surface area is 125 Å². The summed E-state index contributed by atoms with van der Waals surface area (Å²) in [6.45, 7) is 14.4. The molecule has 0 aliphatic heterocycles. The molecule has 0 bridgehead atoms. The van der Waals surface area contributed by atoms with Crippen molar-refractivity contribution in [2.75, 3.05) is 6.54 Å². The Balaban J connectivity index is 2.35. The highest BCUT2D eigenvalue weighted by atomic mass is 14.9. The minimum Gasteiger partial charge on any atom is -0.312 e. The SMILES string of the molecule is CC(C)(C)NCCC=CCc1ccc(C(C)(C)C)cc1. The molecule has 1 N–H and O–H groups in total. The Bertz CT molecular complexity index is 413. The van der Waals surface area contributed by atoms with Gasteiger partial charge >= 0.3 is 0 Å². The molecular formula is C19H31N. The summed E-state index contributed by atoms with van der Waals surface area (Å²) in [4.78, 5) is 0. The smallest absolute Gasteiger partial charge is 0.00966 e.